The van der Waals surface area contributed by atoms with Crippen LogP contribution in [0.1, 0.15) is 17.6 Å². The molecule has 2 heterocycles. The Kier molecular flexibility index (Phi) is 4.26. The van der Waals surface area contributed by atoms with Crippen molar-refractivity contribution >= 4 is 40.2 Å². The largest absolute Gasteiger partial charge is 0.372 e. The fourth-order valence-corrected chi connectivity index (χ4v) is 2.88. The number of rotatable bonds is 2. The van der Waals surface area contributed by atoms with Crippen LogP contribution in [0.15, 0.2) is 0 Å². The molecular weight excluding hydrogens is 337 g/mol. The minimum atomic E-state index is 0.0431. The van der Waals surface area contributed by atoms with E-state index in [1.54, 1.807) is 0 Å². The Balaban J connectivity index is 2.29. The Hall–Kier alpha value is -0.0800. The van der Waals surface area contributed by atoms with Crippen molar-refractivity contribution in [3.8, 4) is 0 Å². The molecule has 2 rings (SSSR count). The van der Waals surface area contributed by atoms with Crippen LogP contribution in [-0.2, 0) is 4.74 Å². The first-order valence-corrected chi connectivity index (χ1v) is 7.37. The molecule has 0 bridgehead atoms. The number of aromatic nitrogens is 2. The van der Waals surface area contributed by atoms with Gasteiger partial charge >= 0.3 is 0 Å². The highest BCUT2D eigenvalue weighted by Crippen LogP contribution is 2.27. The molecule has 0 aromatic carbocycles. The fourth-order valence-electron chi connectivity index (χ4n) is 1.53. The lowest BCUT2D eigenvalue weighted by Gasteiger charge is -2.22. The Morgan fingerprint density at radius 2 is 2.31 bits per heavy atom. The second-order valence-corrected chi connectivity index (χ2v) is 5.74. The molecule has 1 saturated heterocycles. The number of halogens is 1. The maximum atomic E-state index is 5.68. The maximum Gasteiger partial charge on any atom is 0.160 e. The van der Waals surface area contributed by atoms with Gasteiger partial charge in [-0.3, -0.25) is 0 Å². The lowest BCUT2D eigenvalue weighted by molar-refractivity contribution is 0.0694. The van der Waals surface area contributed by atoms with E-state index < -0.39 is 0 Å². The van der Waals surface area contributed by atoms with Crippen molar-refractivity contribution in [2.75, 3.05) is 30.5 Å². The van der Waals surface area contributed by atoms with Crippen LogP contribution in [0.25, 0.3) is 0 Å². The summed E-state index contributed by atoms with van der Waals surface area (Å²) in [5, 5.41) is 3.09. The number of hydrogen-bond acceptors (Lipinski definition) is 5. The minimum absolute atomic E-state index is 0.0431. The molecule has 0 amide bonds. The highest BCUT2D eigenvalue weighted by Gasteiger charge is 2.21. The molecule has 1 aromatic heterocycles. The van der Waals surface area contributed by atoms with E-state index in [2.05, 4.69) is 37.9 Å². The topological polar surface area (TPSA) is 47.0 Å². The molecule has 0 spiro atoms. The molecule has 1 aliphatic rings. The van der Waals surface area contributed by atoms with E-state index in [1.807, 2.05) is 25.7 Å². The van der Waals surface area contributed by atoms with Crippen molar-refractivity contribution in [2.24, 2.45) is 0 Å². The average molecular weight is 351 g/mol. The van der Waals surface area contributed by atoms with Crippen LogP contribution in [0, 0.1) is 10.5 Å². The first-order valence-electron chi connectivity index (χ1n) is 5.13. The highest BCUT2D eigenvalue weighted by atomic mass is 127. The number of ether oxygens (including phenoxy) is 1. The second-order valence-electron chi connectivity index (χ2n) is 3.51. The predicted octanol–water partition coefficient (Wildman–Crippen LogP) is 2.24. The Morgan fingerprint density at radius 3 is 2.94 bits per heavy atom. The van der Waals surface area contributed by atoms with Crippen molar-refractivity contribution in [3.63, 3.8) is 0 Å². The molecule has 0 saturated carbocycles. The summed E-state index contributed by atoms with van der Waals surface area (Å²) in [6.07, 6.45) is 0.0431. The number of nitrogens with one attached hydrogen (secondary N) is 1. The van der Waals surface area contributed by atoms with E-state index in [1.165, 1.54) is 0 Å². The summed E-state index contributed by atoms with van der Waals surface area (Å²) in [5.74, 6) is 3.71. The lowest BCUT2D eigenvalue weighted by atomic mass is 10.3. The Bertz CT molecular complexity index is 383. The van der Waals surface area contributed by atoms with Gasteiger partial charge in [-0.2, -0.15) is 11.8 Å². The van der Waals surface area contributed by atoms with Gasteiger partial charge in [0, 0.05) is 18.6 Å². The van der Waals surface area contributed by atoms with Gasteiger partial charge in [-0.15, -0.1) is 0 Å². The molecule has 4 nitrogen and oxygen atoms in total. The van der Waals surface area contributed by atoms with Gasteiger partial charge in [0.15, 0.2) is 5.82 Å². The summed E-state index contributed by atoms with van der Waals surface area (Å²) in [7, 11) is 1.88. The molecule has 16 heavy (non-hydrogen) atoms. The number of thioether (sulfide) groups is 1. The number of aryl methyl sites for hydroxylation is 1. The van der Waals surface area contributed by atoms with Crippen LogP contribution < -0.4 is 5.32 Å². The fraction of sp³-hybridized carbons (Fsp3) is 0.600. The minimum Gasteiger partial charge on any atom is -0.372 e. The summed E-state index contributed by atoms with van der Waals surface area (Å²) in [6.45, 7) is 2.79. The zero-order chi connectivity index (χ0) is 11.5. The molecule has 0 radical (unpaired) electrons. The Labute approximate surface area is 113 Å². The molecular formula is C10H14IN3OS. The van der Waals surface area contributed by atoms with Gasteiger partial charge in [-0.1, -0.05) is 0 Å². The van der Waals surface area contributed by atoms with Gasteiger partial charge in [0.25, 0.3) is 0 Å². The van der Waals surface area contributed by atoms with Crippen LogP contribution in [-0.4, -0.2) is 35.1 Å². The van der Waals surface area contributed by atoms with Gasteiger partial charge < -0.3 is 10.1 Å². The van der Waals surface area contributed by atoms with Crippen LogP contribution >= 0.6 is 34.4 Å². The molecule has 6 heteroatoms. The molecule has 88 valence electrons. The monoisotopic (exact) mass is 351 g/mol. The zero-order valence-corrected chi connectivity index (χ0v) is 12.3. The van der Waals surface area contributed by atoms with Gasteiger partial charge in [0.2, 0.25) is 0 Å². The standard InChI is InChI=1S/C10H14IN3OS/c1-6-8(11)10(12-2)14-9(13-6)7-5-16-4-3-15-7/h7H,3-5H2,1-2H3,(H,12,13,14). The quantitative estimate of drug-likeness (QED) is 0.829. The first kappa shape index (κ1) is 12.4. The van der Waals surface area contributed by atoms with Crippen molar-refractivity contribution in [2.45, 2.75) is 13.0 Å². The summed E-state index contributed by atoms with van der Waals surface area (Å²) < 4.78 is 6.76. The van der Waals surface area contributed by atoms with E-state index in [0.717, 1.165) is 39.0 Å². The Morgan fingerprint density at radius 1 is 1.50 bits per heavy atom. The second kappa shape index (κ2) is 5.50. The van der Waals surface area contributed by atoms with Crippen molar-refractivity contribution in [3.05, 3.63) is 15.1 Å². The van der Waals surface area contributed by atoms with Crippen molar-refractivity contribution < 1.29 is 4.74 Å². The SMILES string of the molecule is CNc1nc(C2CSCCO2)nc(C)c1I. The third kappa shape index (κ3) is 2.60. The predicted molar refractivity (Wildman–Crippen MR) is 75.1 cm³/mol. The third-order valence-corrected chi connectivity index (χ3v) is 4.66. The van der Waals surface area contributed by atoms with Crippen LogP contribution in [0.2, 0.25) is 0 Å². The van der Waals surface area contributed by atoms with Gasteiger partial charge in [-0.05, 0) is 29.5 Å². The third-order valence-electron chi connectivity index (χ3n) is 2.37. The lowest BCUT2D eigenvalue weighted by Crippen LogP contribution is -2.19. The summed E-state index contributed by atoms with van der Waals surface area (Å²) in [4.78, 5) is 9.02. The molecule has 1 fully saturated rings. The van der Waals surface area contributed by atoms with Crippen LogP contribution in [0.4, 0.5) is 5.82 Å². The highest BCUT2D eigenvalue weighted by molar-refractivity contribution is 14.1. The van der Waals surface area contributed by atoms with E-state index in [9.17, 15) is 0 Å². The summed E-state index contributed by atoms with van der Waals surface area (Å²) in [5.41, 5.74) is 1.01. The molecule has 1 atom stereocenters. The number of nitrogens with zero attached hydrogens (tertiary/aromatic N) is 2. The van der Waals surface area contributed by atoms with E-state index in [0.29, 0.717) is 0 Å². The average Bonchev–Trinajstić information content (AvgIpc) is 2.33. The normalized spacial score (nSPS) is 20.8. The molecule has 1 N–H and O–H groups in total. The molecule has 1 aromatic rings. The van der Waals surface area contributed by atoms with Crippen LogP contribution in [0.5, 0.6) is 0 Å². The number of anilines is 1. The first-order chi connectivity index (χ1) is 7.72. The molecule has 1 aliphatic heterocycles. The maximum absolute atomic E-state index is 5.68. The number of hydrogen-bond donors (Lipinski definition) is 1. The van der Waals surface area contributed by atoms with E-state index >= 15 is 0 Å². The molecule has 1 unspecified atom stereocenters. The zero-order valence-electron chi connectivity index (χ0n) is 9.29. The van der Waals surface area contributed by atoms with Crippen molar-refractivity contribution in [1.29, 1.82) is 0 Å². The van der Waals surface area contributed by atoms with E-state index in [-0.39, 0.29) is 6.10 Å². The van der Waals surface area contributed by atoms with E-state index in [4.69, 9.17) is 4.74 Å². The summed E-state index contributed by atoms with van der Waals surface area (Å²) in [6, 6.07) is 0. The van der Waals surface area contributed by atoms with Gasteiger partial charge in [0.1, 0.15) is 11.9 Å². The smallest absolute Gasteiger partial charge is 0.160 e. The van der Waals surface area contributed by atoms with Crippen molar-refractivity contribution in [1.82, 2.24) is 9.97 Å². The summed E-state index contributed by atoms with van der Waals surface area (Å²) >= 11 is 4.15. The molecule has 0 aliphatic carbocycles. The van der Waals surface area contributed by atoms with Gasteiger partial charge in [-0.25, -0.2) is 9.97 Å². The van der Waals surface area contributed by atoms with Crippen LogP contribution in [0.3, 0.4) is 0 Å². The van der Waals surface area contributed by atoms with Gasteiger partial charge in [0.05, 0.1) is 15.9 Å².